The normalized spacial score (nSPS) is 28.9. The molecule has 0 aliphatic heterocycles. The van der Waals surface area contributed by atoms with Crippen molar-refractivity contribution in [2.45, 2.75) is 38.6 Å². The molecule has 2 aromatic rings. The molecule has 2 aliphatic rings. The summed E-state index contributed by atoms with van der Waals surface area (Å²) in [7, 11) is 0. The molecule has 3 nitrogen and oxygen atoms in total. The fourth-order valence-corrected chi connectivity index (χ4v) is 5.09. The molecule has 1 aromatic carbocycles. The third-order valence-electron chi connectivity index (χ3n) is 5.69. The van der Waals surface area contributed by atoms with Gasteiger partial charge in [-0.3, -0.25) is 0 Å². The van der Waals surface area contributed by atoms with Gasteiger partial charge in [0.2, 0.25) is 0 Å². The second kappa shape index (κ2) is 4.71. The standard InChI is InChI=1S/C17H19N3S/c1-10(14-8-11-5-6-12(14)7-11)20-15-4-2-3-13(9-18)16(15)19-17(20)21/h2-4,10-12,14H,5-8H2,1H3,(H,19,21). The molecule has 4 unspecified atom stereocenters. The molecule has 0 spiro atoms. The van der Waals surface area contributed by atoms with E-state index in [1.165, 1.54) is 25.7 Å². The van der Waals surface area contributed by atoms with E-state index in [1.807, 2.05) is 12.1 Å². The van der Waals surface area contributed by atoms with E-state index in [2.05, 4.69) is 28.6 Å². The number of nitrogens with zero attached hydrogens (tertiary/aromatic N) is 2. The molecule has 1 N–H and O–H groups in total. The number of hydrogen-bond donors (Lipinski definition) is 1. The van der Waals surface area contributed by atoms with Gasteiger partial charge in [-0.25, -0.2) is 0 Å². The third-order valence-corrected chi connectivity index (χ3v) is 5.99. The number of fused-ring (bicyclic) bond motifs is 3. The Kier molecular flexibility index (Phi) is 2.93. The summed E-state index contributed by atoms with van der Waals surface area (Å²) in [5.74, 6) is 2.55. The Morgan fingerprint density at radius 3 is 2.90 bits per heavy atom. The van der Waals surface area contributed by atoms with Crippen molar-refractivity contribution < 1.29 is 0 Å². The number of para-hydroxylation sites is 1. The number of hydrogen-bond acceptors (Lipinski definition) is 2. The minimum Gasteiger partial charge on any atom is -0.329 e. The molecule has 1 aromatic heterocycles. The predicted molar refractivity (Wildman–Crippen MR) is 85.5 cm³/mol. The van der Waals surface area contributed by atoms with Crippen LogP contribution in [-0.2, 0) is 0 Å². The van der Waals surface area contributed by atoms with Crippen molar-refractivity contribution in [1.82, 2.24) is 9.55 Å². The number of aromatic nitrogens is 2. The summed E-state index contributed by atoms with van der Waals surface area (Å²) in [6.45, 7) is 2.30. The first-order valence-electron chi connectivity index (χ1n) is 7.82. The molecule has 0 radical (unpaired) electrons. The highest BCUT2D eigenvalue weighted by atomic mass is 32.1. The van der Waals surface area contributed by atoms with Crippen molar-refractivity contribution in [3.8, 4) is 6.07 Å². The van der Waals surface area contributed by atoms with Gasteiger partial charge in [0.15, 0.2) is 4.77 Å². The lowest BCUT2D eigenvalue weighted by molar-refractivity contribution is 0.245. The van der Waals surface area contributed by atoms with Gasteiger partial charge in [0.05, 0.1) is 16.6 Å². The molecule has 2 fully saturated rings. The van der Waals surface area contributed by atoms with Crippen LogP contribution in [-0.4, -0.2) is 9.55 Å². The monoisotopic (exact) mass is 297 g/mol. The fourth-order valence-electron chi connectivity index (χ4n) is 4.72. The zero-order chi connectivity index (χ0) is 14.6. The maximum absolute atomic E-state index is 9.26. The molecule has 4 heteroatoms. The first-order chi connectivity index (χ1) is 10.2. The maximum atomic E-state index is 9.26. The van der Waals surface area contributed by atoms with Crippen molar-refractivity contribution in [2.24, 2.45) is 17.8 Å². The van der Waals surface area contributed by atoms with Crippen LogP contribution in [0.4, 0.5) is 0 Å². The smallest absolute Gasteiger partial charge is 0.178 e. The van der Waals surface area contributed by atoms with E-state index in [0.29, 0.717) is 11.6 Å². The topological polar surface area (TPSA) is 44.5 Å². The highest BCUT2D eigenvalue weighted by Gasteiger charge is 2.42. The average Bonchev–Trinajstić information content (AvgIpc) is 3.18. The Bertz CT molecular complexity index is 794. The first-order valence-corrected chi connectivity index (χ1v) is 8.23. The Balaban J connectivity index is 1.82. The summed E-state index contributed by atoms with van der Waals surface area (Å²) in [5, 5.41) is 9.26. The van der Waals surface area contributed by atoms with Crippen LogP contribution in [0.2, 0.25) is 0 Å². The molecule has 108 valence electrons. The quantitative estimate of drug-likeness (QED) is 0.825. The fraction of sp³-hybridized carbons (Fsp3) is 0.529. The van der Waals surface area contributed by atoms with Crippen LogP contribution in [0, 0.1) is 33.9 Å². The number of aromatic amines is 1. The molecule has 0 saturated heterocycles. The van der Waals surface area contributed by atoms with Gasteiger partial charge in [0.1, 0.15) is 6.07 Å². The maximum Gasteiger partial charge on any atom is 0.178 e. The Morgan fingerprint density at radius 1 is 1.38 bits per heavy atom. The molecular weight excluding hydrogens is 278 g/mol. The number of H-pyrrole nitrogens is 1. The van der Waals surface area contributed by atoms with Gasteiger partial charge in [-0.2, -0.15) is 5.26 Å². The number of rotatable bonds is 2. The zero-order valence-corrected chi connectivity index (χ0v) is 13.0. The molecule has 2 aliphatic carbocycles. The van der Waals surface area contributed by atoms with Crippen molar-refractivity contribution in [3.63, 3.8) is 0 Å². The van der Waals surface area contributed by atoms with E-state index < -0.39 is 0 Å². The molecule has 2 bridgehead atoms. The summed E-state index contributed by atoms with van der Waals surface area (Å²) in [5.41, 5.74) is 2.65. The van der Waals surface area contributed by atoms with Crippen molar-refractivity contribution in [1.29, 1.82) is 5.26 Å². The number of nitriles is 1. The van der Waals surface area contributed by atoms with E-state index >= 15 is 0 Å². The second-order valence-electron chi connectivity index (χ2n) is 6.69. The van der Waals surface area contributed by atoms with Crippen LogP contribution < -0.4 is 0 Å². The predicted octanol–water partition coefficient (Wildman–Crippen LogP) is 4.57. The SMILES string of the molecule is CC(C1CC2CCC1C2)n1c(=S)[nH]c2c(C#N)cccc21. The number of nitrogens with one attached hydrogen (secondary N) is 1. The van der Waals surface area contributed by atoms with E-state index in [-0.39, 0.29) is 0 Å². The lowest BCUT2D eigenvalue weighted by atomic mass is 9.84. The van der Waals surface area contributed by atoms with Gasteiger partial charge in [0, 0.05) is 6.04 Å². The highest BCUT2D eigenvalue weighted by Crippen LogP contribution is 2.52. The lowest BCUT2D eigenvalue weighted by Crippen LogP contribution is -2.22. The minimum atomic E-state index is 0.412. The number of imidazole rings is 1. The van der Waals surface area contributed by atoms with Crippen molar-refractivity contribution in [3.05, 3.63) is 28.5 Å². The zero-order valence-electron chi connectivity index (χ0n) is 12.2. The molecule has 1 heterocycles. The summed E-state index contributed by atoms with van der Waals surface area (Å²) in [6.07, 6.45) is 5.57. The molecular formula is C17H19N3S. The van der Waals surface area contributed by atoms with Crippen LogP contribution in [0.3, 0.4) is 0 Å². The third kappa shape index (κ3) is 1.87. The molecule has 4 rings (SSSR count). The largest absolute Gasteiger partial charge is 0.329 e. The Labute approximate surface area is 129 Å². The second-order valence-corrected chi connectivity index (χ2v) is 7.08. The van der Waals surface area contributed by atoms with Crippen LogP contribution in [0.5, 0.6) is 0 Å². The highest BCUT2D eigenvalue weighted by molar-refractivity contribution is 7.71. The summed E-state index contributed by atoms with van der Waals surface area (Å²) in [6, 6.07) is 8.54. The van der Waals surface area contributed by atoms with E-state index in [4.69, 9.17) is 12.2 Å². The average molecular weight is 297 g/mol. The van der Waals surface area contributed by atoms with Gasteiger partial charge in [0.25, 0.3) is 0 Å². The van der Waals surface area contributed by atoms with Crippen molar-refractivity contribution >= 4 is 23.3 Å². The summed E-state index contributed by atoms with van der Waals surface area (Å²) < 4.78 is 3.00. The Morgan fingerprint density at radius 2 is 2.24 bits per heavy atom. The van der Waals surface area contributed by atoms with E-state index in [9.17, 15) is 5.26 Å². The first kappa shape index (κ1) is 13.1. The van der Waals surface area contributed by atoms with Gasteiger partial charge in [-0.05, 0) is 68.3 Å². The lowest BCUT2D eigenvalue weighted by Gasteiger charge is -2.29. The van der Waals surface area contributed by atoms with Crippen molar-refractivity contribution in [2.75, 3.05) is 0 Å². The van der Waals surface area contributed by atoms with Gasteiger partial charge < -0.3 is 9.55 Å². The molecule has 21 heavy (non-hydrogen) atoms. The van der Waals surface area contributed by atoms with Crippen LogP contribution in [0.1, 0.15) is 44.2 Å². The minimum absolute atomic E-state index is 0.412. The summed E-state index contributed by atoms with van der Waals surface area (Å²) >= 11 is 5.56. The van der Waals surface area contributed by atoms with E-state index in [0.717, 1.165) is 33.6 Å². The Hall–Kier alpha value is -1.60. The molecule has 2 saturated carbocycles. The van der Waals surface area contributed by atoms with Gasteiger partial charge >= 0.3 is 0 Å². The van der Waals surface area contributed by atoms with E-state index in [1.54, 1.807) is 0 Å². The molecule has 0 amide bonds. The molecule has 4 atom stereocenters. The van der Waals surface area contributed by atoms with Crippen LogP contribution >= 0.6 is 12.2 Å². The van der Waals surface area contributed by atoms with Gasteiger partial charge in [-0.1, -0.05) is 12.5 Å². The summed E-state index contributed by atoms with van der Waals surface area (Å²) in [4.78, 5) is 3.25. The number of benzene rings is 1. The van der Waals surface area contributed by atoms with Gasteiger partial charge in [-0.15, -0.1) is 0 Å². The van der Waals surface area contributed by atoms with Crippen LogP contribution in [0.15, 0.2) is 18.2 Å². The van der Waals surface area contributed by atoms with Crippen LogP contribution in [0.25, 0.3) is 11.0 Å².